The Morgan fingerprint density at radius 1 is 1.41 bits per heavy atom. The third kappa shape index (κ3) is 5.31. The van der Waals surface area contributed by atoms with E-state index < -0.39 is 0 Å². The minimum absolute atomic E-state index is 0.0829. The number of hydrogen-bond donors (Lipinski definition) is 1. The summed E-state index contributed by atoms with van der Waals surface area (Å²) < 4.78 is 10.1. The van der Waals surface area contributed by atoms with Gasteiger partial charge in [0.1, 0.15) is 10.7 Å². The number of ether oxygens (including phenoxy) is 2. The molecule has 1 saturated heterocycles. The number of nitrogens with one attached hydrogen (secondary N) is 1. The molecule has 0 unspecified atom stereocenters. The van der Waals surface area contributed by atoms with E-state index in [1.165, 1.54) is 11.3 Å². The minimum Gasteiger partial charge on any atom is -0.383 e. The number of carbonyl (C=O) groups excluding carboxylic acids is 1. The predicted molar refractivity (Wildman–Crippen MR) is 86.2 cm³/mol. The number of piperidine rings is 1. The summed E-state index contributed by atoms with van der Waals surface area (Å²) in [7, 11) is 3.36. The Balaban J connectivity index is 1.68. The topological polar surface area (TPSA) is 63.7 Å². The number of likely N-dealkylation sites (tertiary alicyclic amines) is 1. The summed E-state index contributed by atoms with van der Waals surface area (Å²) in [6.07, 6.45) is 2.24. The summed E-state index contributed by atoms with van der Waals surface area (Å²) >= 11 is 1.46. The number of thiazole rings is 1. The first-order chi connectivity index (χ1) is 10.7. The lowest BCUT2D eigenvalue weighted by atomic mass is 9.97. The molecular formula is C15H25N3O3S. The molecule has 1 fully saturated rings. The van der Waals surface area contributed by atoms with Gasteiger partial charge in [-0.05, 0) is 31.8 Å². The Kier molecular flexibility index (Phi) is 7.24. The van der Waals surface area contributed by atoms with Gasteiger partial charge >= 0.3 is 0 Å². The molecule has 0 aromatic carbocycles. The normalized spacial score (nSPS) is 16.8. The van der Waals surface area contributed by atoms with Crippen molar-refractivity contribution < 1.29 is 14.3 Å². The quantitative estimate of drug-likeness (QED) is 0.781. The van der Waals surface area contributed by atoms with Crippen molar-refractivity contribution >= 4 is 17.2 Å². The van der Waals surface area contributed by atoms with Crippen LogP contribution in [0.15, 0.2) is 5.38 Å². The van der Waals surface area contributed by atoms with Crippen LogP contribution in [-0.4, -0.2) is 62.8 Å². The molecular weight excluding hydrogens is 302 g/mol. The van der Waals surface area contributed by atoms with E-state index in [-0.39, 0.29) is 5.91 Å². The third-order valence-corrected chi connectivity index (χ3v) is 4.74. The molecule has 1 aromatic heterocycles. The van der Waals surface area contributed by atoms with Gasteiger partial charge < -0.3 is 19.7 Å². The van der Waals surface area contributed by atoms with Crippen LogP contribution < -0.4 is 5.32 Å². The maximum Gasteiger partial charge on any atom is 0.270 e. The first-order valence-corrected chi connectivity index (χ1v) is 8.53. The van der Waals surface area contributed by atoms with Gasteiger partial charge in [-0.25, -0.2) is 4.98 Å². The molecule has 22 heavy (non-hydrogen) atoms. The number of hydrogen-bond acceptors (Lipinski definition) is 6. The largest absolute Gasteiger partial charge is 0.383 e. The van der Waals surface area contributed by atoms with Crippen molar-refractivity contribution in [2.45, 2.75) is 19.4 Å². The Bertz CT molecular complexity index is 459. The molecule has 6 nitrogen and oxygen atoms in total. The highest BCUT2D eigenvalue weighted by atomic mass is 32.1. The van der Waals surface area contributed by atoms with Crippen molar-refractivity contribution in [2.75, 3.05) is 47.0 Å². The number of carbonyl (C=O) groups is 1. The van der Waals surface area contributed by atoms with Gasteiger partial charge in [0.05, 0.1) is 13.2 Å². The predicted octanol–water partition coefficient (Wildman–Crippen LogP) is 1.38. The van der Waals surface area contributed by atoms with E-state index >= 15 is 0 Å². The molecule has 1 aliphatic heterocycles. The lowest BCUT2D eigenvalue weighted by Crippen LogP contribution is -2.39. The zero-order chi connectivity index (χ0) is 15.8. The SMILES string of the molecule is COCCN1CCC(CNC(=O)c2csc(COC)n2)CC1. The Labute approximate surface area is 135 Å². The average Bonchev–Trinajstić information content (AvgIpc) is 3.01. The molecule has 1 amide bonds. The molecule has 2 rings (SSSR count). The molecule has 2 heterocycles. The van der Waals surface area contributed by atoms with Crippen LogP contribution in [0.3, 0.4) is 0 Å². The van der Waals surface area contributed by atoms with E-state index in [2.05, 4.69) is 15.2 Å². The summed E-state index contributed by atoms with van der Waals surface area (Å²) in [6, 6.07) is 0. The molecule has 1 aliphatic rings. The van der Waals surface area contributed by atoms with Crippen molar-refractivity contribution in [1.82, 2.24) is 15.2 Å². The van der Waals surface area contributed by atoms with Gasteiger partial charge in [0.15, 0.2) is 0 Å². The van der Waals surface area contributed by atoms with Gasteiger partial charge in [-0.2, -0.15) is 0 Å². The van der Waals surface area contributed by atoms with Crippen LogP contribution in [0.4, 0.5) is 0 Å². The van der Waals surface area contributed by atoms with Crippen LogP contribution in [0, 0.1) is 5.92 Å². The monoisotopic (exact) mass is 327 g/mol. The highest BCUT2D eigenvalue weighted by molar-refractivity contribution is 7.09. The molecule has 0 radical (unpaired) electrons. The Hall–Kier alpha value is -1.02. The fraction of sp³-hybridized carbons (Fsp3) is 0.733. The molecule has 7 heteroatoms. The third-order valence-electron chi connectivity index (χ3n) is 3.92. The van der Waals surface area contributed by atoms with Crippen molar-refractivity contribution in [3.8, 4) is 0 Å². The van der Waals surface area contributed by atoms with Crippen LogP contribution in [0.2, 0.25) is 0 Å². The fourth-order valence-corrected chi connectivity index (χ4v) is 3.31. The molecule has 0 atom stereocenters. The van der Waals surface area contributed by atoms with Crippen molar-refractivity contribution in [1.29, 1.82) is 0 Å². The first-order valence-electron chi connectivity index (χ1n) is 7.65. The van der Waals surface area contributed by atoms with Gasteiger partial charge in [-0.1, -0.05) is 0 Å². The van der Waals surface area contributed by atoms with Crippen LogP contribution >= 0.6 is 11.3 Å². The van der Waals surface area contributed by atoms with Crippen LogP contribution in [0.5, 0.6) is 0 Å². The lowest BCUT2D eigenvalue weighted by Gasteiger charge is -2.31. The molecule has 0 saturated carbocycles. The maximum absolute atomic E-state index is 12.1. The highest BCUT2D eigenvalue weighted by Crippen LogP contribution is 2.16. The molecule has 1 N–H and O–H groups in total. The smallest absolute Gasteiger partial charge is 0.270 e. The second kappa shape index (κ2) is 9.19. The van der Waals surface area contributed by atoms with Gasteiger partial charge in [0, 0.05) is 32.7 Å². The van der Waals surface area contributed by atoms with Crippen molar-refractivity contribution in [3.05, 3.63) is 16.1 Å². The standard InChI is InChI=1S/C15H25N3O3S/c1-20-8-7-18-5-3-12(4-6-18)9-16-15(19)13-11-22-14(17-13)10-21-2/h11-12H,3-10H2,1-2H3,(H,16,19). The molecule has 0 spiro atoms. The van der Waals surface area contributed by atoms with Gasteiger partial charge in [-0.15, -0.1) is 11.3 Å². The zero-order valence-electron chi connectivity index (χ0n) is 13.3. The Morgan fingerprint density at radius 2 is 2.18 bits per heavy atom. The van der Waals surface area contributed by atoms with Crippen LogP contribution in [0.25, 0.3) is 0 Å². The van der Waals surface area contributed by atoms with Crippen molar-refractivity contribution in [2.24, 2.45) is 5.92 Å². The minimum atomic E-state index is -0.0829. The van der Waals surface area contributed by atoms with E-state index in [1.807, 2.05) is 0 Å². The Morgan fingerprint density at radius 3 is 2.86 bits per heavy atom. The molecule has 124 valence electrons. The van der Waals surface area contributed by atoms with Crippen LogP contribution in [0.1, 0.15) is 28.3 Å². The number of amides is 1. The van der Waals surface area contributed by atoms with Gasteiger partial charge in [0.25, 0.3) is 5.91 Å². The lowest BCUT2D eigenvalue weighted by molar-refractivity contribution is 0.0921. The summed E-state index contributed by atoms with van der Waals surface area (Å²) in [4.78, 5) is 18.8. The first kappa shape index (κ1) is 17.3. The zero-order valence-corrected chi connectivity index (χ0v) is 14.2. The van der Waals surface area contributed by atoms with E-state index in [0.717, 1.165) is 50.6 Å². The number of rotatable bonds is 8. The highest BCUT2D eigenvalue weighted by Gasteiger charge is 2.20. The number of methoxy groups -OCH3 is 2. The summed E-state index contributed by atoms with van der Waals surface area (Å²) in [6.45, 7) is 5.13. The number of nitrogens with zero attached hydrogens (tertiary/aromatic N) is 2. The second-order valence-corrected chi connectivity index (χ2v) is 6.49. The summed E-state index contributed by atoms with van der Waals surface area (Å²) in [5.74, 6) is 0.472. The van der Waals surface area contributed by atoms with E-state index in [4.69, 9.17) is 9.47 Å². The van der Waals surface area contributed by atoms with Crippen LogP contribution in [-0.2, 0) is 16.1 Å². The average molecular weight is 327 g/mol. The summed E-state index contributed by atoms with van der Waals surface area (Å²) in [5, 5.41) is 5.62. The fourth-order valence-electron chi connectivity index (χ4n) is 2.57. The molecule has 1 aromatic rings. The second-order valence-electron chi connectivity index (χ2n) is 5.55. The van der Waals surface area contributed by atoms with E-state index in [0.29, 0.717) is 18.2 Å². The number of aromatic nitrogens is 1. The summed E-state index contributed by atoms with van der Waals surface area (Å²) in [5.41, 5.74) is 0.495. The van der Waals surface area contributed by atoms with Gasteiger partial charge in [0.2, 0.25) is 0 Å². The maximum atomic E-state index is 12.1. The molecule has 0 aliphatic carbocycles. The van der Waals surface area contributed by atoms with E-state index in [9.17, 15) is 4.79 Å². The van der Waals surface area contributed by atoms with E-state index in [1.54, 1.807) is 19.6 Å². The van der Waals surface area contributed by atoms with Crippen molar-refractivity contribution in [3.63, 3.8) is 0 Å². The van der Waals surface area contributed by atoms with Gasteiger partial charge in [-0.3, -0.25) is 4.79 Å². The molecule has 0 bridgehead atoms.